The standard InChI is InChI=1S/C26H26BrF2N5O7S3/c1-3-12-43(38,39)13-4-11-33(42(36)37)21-10-9-20(28)22(23(21)29)26(35)31-17-14-19-24(27)32-34(25(19)30-15-17)44(40,41)18-7-5-16(2)6-8-18/h5-10,14-15H,3-4,11-13H2,1-2H3,(H,31,35)(H,36,37)/p-1. The first-order valence-corrected chi connectivity index (χ1v) is 18.0. The number of amides is 1. The van der Waals surface area contributed by atoms with E-state index >= 15 is 4.39 Å². The molecule has 44 heavy (non-hydrogen) atoms. The van der Waals surface area contributed by atoms with Crippen LogP contribution < -0.4 is 9.62 Å². The molecule has 4 rings (SSSR count). The van der Waals surface area contributed by atoms with Crippen LogP contribution in [0.4, 0.5) is 20.2 Å². The molecule has 236 valence electrons. The van der Waals surface area contributed by atoms with Crippen LogP contribution in [0.1, 0.15) is 35.7 Å². The number of aromatic nitrogens is 3. The number of sulfone groups is 1. The Morgan fingerprint density at radius 2 is 1.80 bits per heavy atom. The van der Waals surface area contributed by atoms with Crippen LogP contribution in [-0.4, -0.2) is 63.7 Å². The topological polar surface area (TPSA) is 171 Å². The van der Waals surface area contributed by atoms with E-state index in [0.29, 0.717) is 20.9 Å². The first-order valence-electron chi connectivity index (χ1n) is 12.9. The molecule has 0 aliphatic heterocycles. The van der Waals surface area contributed by atoms with Crippen molar-refractivity contribution in [3.05, 3.63) is 76.0 Å². The van der Waals surface area contributed by atoms with Crippen molar-refractivity contribution < 1.29 is 39.2 Å². The molecule has 18 heteroatoms. The lowest BCUT2D eigenvalue weighted by Gasteiger charge is -2.27. The van der Waals surface area contributed by atoms with Gasteiger partial charge in [0.25, 0.3) is 15.9 Å². The average Bonchev–Trinajstić information content (AvgIpc) is 3.28. The molecule has 1 N–H and O–H groups in total. The van der Waals surface area contributed by atoms with Gasteiger partial charge in [-0.2, -0.15) is 8.42 Å². The van der Waals surface area contributed by atoms with E-state index in [1.54, 1.807) is 26.0 Å². The minimum atomic E-state index is -4.15. The maximum atomic E-state index is 15.5. The van der Waals surface area contributed by atoms with Gasteiger partial charge in [0.1, 0.15) is 25.8 Å². The normalized spacial score (nSPS) is 12.8. The number of hydrogen-bond acceptors (Lipinski definition) is 9. The van der Waals surface area contributed by atoms with E-state index in [1.165, 1.54) is 18.2 Å². The van der Waals surface area contributed by atoms with Crippen LogP contribution in [0.5, 0.6) is 0 Å². The third-order valence-corrected chi connectivity index (χ3v) is 11.2. The van der Waals surface area contributed by atoms with Crippen molar-refractivity contribution in [2.45, 2.75) is 31.6 Å². The highest BCUT2D eigenvalue weighted by Gasteiger charge is 2.26. The number of pyridine rings is 1. The summed E-state index contributed by atoms with van der Waals surface area (Å²) in [6, 6.07) is 8.88. The summed E-state index contributed by atoms with van der Waals surface area (Å²) >= 11 is 0.0920. The number of hydrogen-bond donors (Lipinski definition) is 1. The molecule has 1 unspecified atom stereocenters. The van der Waals surface area contributed by atoms with Gasteiger partial charge in [-0.1, -0.05) is 24.6 Å². The van der Waals surface area contributed by atoms with Gasteiger partial charge in [-0.3, -0.25) is 13.3 Å². The predicted molar refractivity (Wildman–Crippen MR) is 163 cm³/mol. The Kier molecular flexibility index (Phi) is 10.2. The number of aryl methyl sites for hydroxylation is 1. The summed E-state index contributed by atoms with van der Waals surface area (Å²) in [5.41, 5.74) is -1.08. The lowest BCUT2D eigenvalue weighted by Crippen LogP contribution is -2.30. The van der Waals surface area contributed by atoms with Gasteiger partial charge < -0.3 is 9.87 Å². The van der Waals surface area contributed by atoms with Crippen LogP contribution in [0.3, 0.4) is 0 Å². The van der Waals surface area contributed by atoms with Gasteiger partial charge in [-0.15, -0.1) is 9.19 Å². The summed E-state index contributed by atoms with van der Waals surface area (Å²) in [4.78, 5) is 17.1. The number of halogens is 3. The van der Waals surface area contributed by atoms with E-state index < -0.39 is 66.5 Å². The Hall–Kier alpha value is -3.32. The molecule has 0 bridgehead atoms. The Morgan fingerprint density at radius 3 is 2.43 bits per heavy atom. The summed E-state index contributed by atoms with van der Waals surface area (Å²) in [7, 11) is -7.60. The molecule has 0 fully saturated rings. The summed E-state index contributed by atoms with van der Waals surface area (Å²) in [5.74, 6) is -4.52. The minimum Gasteiger partial charge on any atom is -0.755 e. The SMILES string of the molecule is CCCS(=O)(=O)CCCN(c1ccc(F)c(C(=O)Nc2cnc3c(c2)c(Br)nn3S(=O)(=O)c2ccc(C)cc2)c1F)S(=O)[O-]. The van der Waals surface area contributed by atoms with Gasteiger partial charge in [0.2, 0.25) is 0 Å². The molecule has 2 aromatic carbocycles. The van der Waals surface area contributed by atoms with E-state index in [-0.39, 0.29) is 44.1 Å². The lowest BCUT2D eigenvalue weighted by atomic mass is 10.1. The van der Waals surface area contributed by atoms with Crippen molar-refractivity contribution in [3.63, 3.8) is 0 Å². The number of nitrogens with one attached hydrogen (secondary N) is 1. The van der Waals surface area contributed by atoms with Gasteiger partial charge in [-0.05, 0) is 66.0 Å². The Labute approximate surface area is 263 Å². The monoisotopic (exact) mass is 732 g/mol. The van der Waals surface area contributed by atoms with Gasteiger partial charge in [0.15, 0.2) is 11.5 Å². The van der Waals surface area contributed by atoms with Crippen LogP contribution >= 0.6 is 15.9 Å². The van der Waals surface area contributed by atoms with Gasteiger partial charge in [0.05, 0.1) is 33.6 Å². The molecule has 1 atom stereocenters. The molecule has 1 amide bonds. The van der Waals surface area contributed by atoms with E-state index in [2.05, 4.69) is 31.3 Å². The number of carbonyl (C=O) groups is 1. The molecular weight excluding hydrogens is 708 g/mol. The molecular formula is C26H25BrF2N5O7S3-. The van der Waals surface area contributed by atoms with Crippen molar-refractivity contribution in [3.8, 4) is 0 Å². The maximum absolute atomic E-state index is 15.5. The second-order valence-corrected chi connectivity index (χ2v) is 15.3. The highest BCUT2D eigenvalue weighted by Crippen LogP contribution is 2.30. The first kappa shape index (κ1) is 33.6. The van der Waals surface area contributed by atoms with E-state index in [4.69, 9.17) is 0 Å². The number of anilines is 2. The van der Waals surface area contributed by atoms with Crippen LogP contribution in [0.25, 0.3) is 11.0 Å². The Balaban J connectivity index is 1.62. The molecule has 0 saturated heterocycles. The van der Waals surface area contributed by atoms with Gasteiger partial charge >= 0.3 is 0 Å². The van der Waals surface area contributed by atoms with E-state index in [0.717, 1.165) is 17.8 Å². The van der Waals surface area contributed by atoms with Crippen LogP contribution in [-0.2, 0) is 31.1 Å². The molecule has 0 radical (unpaired) electrons. The van der Waals surface area contributed by atoms with E-state index in [1.807, 2.05) is 0 Å². The smallest absolute Gasteiger partial charge is 0.284 e. The fourth-order valence-electron chi connectivity index (χ4n) is 4.24. The largest absolute Gasteiger partial charge is 0.755 e. The van der Waals surface area contributed by atoms with Crippen molar-refractivity contribution in [1.29, 1.82) is 0 Å². The number of fused-ring (bicyclic) bond motifs is 1. The molecule has 0 aliphatic carbocycles. The third-order valence-electron chi connectivity index (χ3n) is 6.33. The van der Waals surface area contributed by atoms with E-state index in [9.17, 15) is 34.8 Å². The lowest BCUT2D eigenvalue weighted by molar-refractivity contribution is 0.101. The Bertz CT molecular complexity index is 1970. The second kappa shape index (κ2) is 13.4. The molecule has 2 heterocycles. The van der Waals surface area contributed by atoms with Crippen molar-refractivity contribution in [2.75, 3.05) is 27.7 Å². The zero-order valence-electron chi connectivity index (χ0n) is 23.2. The minimum absolute atomic E-state index is 0.0411. The number of rotatable bonds is 12. The second-order valence-electron chi connectivity index (χ2n) is 9.58. The number of benzene rings is 2. The zero-order chi connectivity index (χ0) is 32.4. The van der Waals surface area contributed by atoms with Crippen LogP contribution in [0.15, 0.2) is 58.2 Å². The summed E-state index contributed by atoms with van der Waals surface area (Å²) in [5, 5.41) is 6.44. The fourth-order valence-corrected chi connectivity index (χ4v) is 8.01. The predicted octanol–water partition coefficient (Wildman–Crippen LogP) is 4.09. The molecule has 0 aliphatic rings. The summed E-state index contributed by atoms with van der Waals surface area (Å²) < 4.78 is 106. The fraction of sp³-hybridized carbons (Fsp3) is 0.269. The highest BCUT2D eigenvalue weighted by molar-refractivity contribution is 9.10. The molecule has 2 aromatic heterocycles. The van der Waals surface area contributed by atoms with Crippen molar-refractivity contribution >= 4 is 75.4 Å². The Morgan fingerprint density at radius 1 is 1.11 bits per heavy atom. The summed E-state index contributed by atoms with van der Waals surface area (Å²) in [6.45, 7) is 3.04. The van der Waals surface area contributed by atoms with Crippen molar-refractivity contribution in [2.24, 2.45) is 0 Å². The molecule has 0 saturated carbocycles. The zero-order valence-corrected chi connectivity index (χ0v) is 27.2. The average molecular weight is 734 g/mol. The quantitative estimate of drug-likeness (QED) is 0.211. The van der Waals surface area contributed by atoms with Crippen LogP contribution in [0, 0.1) is 18.6 Å². The molecule has 0 spiro atoms. The summed E-state index contributed by atoms with van der Waals surface area (Å²) in [6.07, 6.45) is 1.27. The molecule has 4 aromatic rings. The third kappa shape index (κ3) is 7.14. The molecule has 12 nitrogen and oxygen atoms in total. The maximum Gasteiger partial charge on any atom is 0.284 e. The van der Waals surface area contributed by atoms with Crippen molar-refractivity contribution in [1.82, 2.24) is 14.2 Å². The van der Waals surface area contributed by atoms with Gasteiger partial charge in [0, 0.05) is 23.6 Å². The van der Waals surface area contributed by atoms with Gasteiger partial charge in [-0.25, -0.2) is 22.2 Å². The number of nitrogens with zero attached hydrogens (tertiary/aromatic N) is 4. The number of carbonyl (C=O) groups excluding carboxylic acids is 1. The first-order chi connectivity index (χ1) is 20.7. The highest BCUT2D eigenvalue weighted by atomic mass is 79.9. The van der Waals surface area contributed by atoms with Crippen LogP contribution in [0.2, 0.25) is 0 Å².